The van der Waals surface area contributed by atoms with Crippen molar-refractivity contribution in [2.24, 2.45) is 17.8 Å². The van der Waals surface area contributed by atoms with E-state index in [9.17, 15) is 9.90 Å². The number of hydrogen-bond donors (Lipinski definition) is 1. The zero-order valence-corrected chi connectivity index (χ0v) is 12.2. The third kappa shape index (κ3) is 2.77. The number of rotatable bonds is 3. The molecule has 3 heteroatoms. The van der Waals surface area contributed by atoms with E-state index in [1.165, 1.54) is 10.4 Å². The second-order valence-electron chi connectivity index (χ2n) is 5.86. The Morgan fingerprint density at radius 3 is 2.67 bits per heavy atom. The molecule has 1 N–H and O–H groups in total. The van der Waals surface area contributed by atoms with Crippen molar-refractivity contribution in [3.8, 4) is 0 Å². The van der Waals surface area contributed by atoms with Crippen LogP contribution in [0.5, 0.6) is 0 Å². The molecule has 2 rings (SSSR count). The smallest absolute Gasteiger partial charge is 0.307 e. The van der Waals surface area contributed by atoms with E-state index in [0.29, 0.717) is 11.8 Å². The fourth-order valence-electron chi connectivity index (χ4n) is 3.13. The highest BCUT2D eigenvalue weighted by Gasteiger charge is 2.37. The van der Waals surface area contributed by atoms with Crippen LogP contribution in [0.2, 0.25) is 0 Å². The van der Waals surface area contributed by atoms with Crippen LogP contribution in [-0.2, 0) is 4.79 Å². The highest BCUT2D eigenvalue weighted by molar-refractivity contribution is 7.10. The van der Waals surface area contributed by atoms with Gasteiger partial charge in [0.15, 0.2) is 0 Å². The summed E-state index contributed by atoms with van der Waals surface area (Å²) in [6.07, 6.45) is 2.93. The highest BCUT2D eigenvalue weighted by Crippen LogP contribution is 2.44. The maximum Gasteiger partial charge on any atom is 0.307 e. The second kappa shape index (κ2) is 5.43. The normalized spacial score (nSPS) is 28.6. The van der Waals surface area contributed by atoms with E-state index in [1.54, 1.807) is 11.3 Å². The molecule has 0 spiro atoms. The molecule has 100 valence electrons. The Morgan fingerprint density at radius 1 is 1.44 bits per heavy atom. The van der Waals surface area contributed by atoms with Crippen molar-refractivity contribution >= 4 is 17.3 Å². The van der Waals surface area contributed by atoms with Crippen LogP contribution in [-0.4, -0.2) is 11.1 Å². The fraction of sp³-hybridized carbons (Fsp3) is 0.667. The minimum Gasteiger partial charge on any atom is -0.481 e. The predicted molar refractivity (Wildman–Crippen MR) is 75.1 cm³/mol. The Kier molecular flexibility index (Phi) is 4.10. The molecule has 1 aromatic heterocycles. The Balaban J connectivity index is 2.22. The molecule has 0 aromatic carbocycles. The number of carboxylic acids is 1. The molecule has 0 saturated heterocycles. The lowest BCUT2D eigenvalue weighted by atomic mass is 9.68. The molecule has 0 bridgehead atoms. The molecule has 0 radical (unpaired) electrons. The molecule has 1 fully saturated rings. The number of aryl methyl sites for hydroxylation is 1. The van der Waals surface area contributed by atoms with E-state index in [2.05, 4.69) is 32.2 Å². The van der Waals surface area contributed by atoms with Gasteiger partial charge in [-0.25, -0.2) is 0 Å². The van der Waals surface area contributed by atoms with Crippen LogP contribution in [0.15, 0.2) is 11.4 Å². The Morgan fingerprint density at radius 2 is 2.17 bits per heavy atom. The Hall–Kier alpha value is -0.830. The van der Waals surface area contributed by atoms with Gasteiger partial charge in [0.25, 0.3) is 0 Å². The van der Waals surface area contributed by atoms with E-state index in [1.807, 2.05) is 0 Å². The molecule has 3 atom stereocenters. The Bertz CT molecular complexity index is 422. The minimum atomic E-state index is -0.619. The van der Waals surface area contributed by atoms with Crippen molar-refractivity contribution in [3.05, 3.63) is 21.9 Å². The first-order valence-electron chi connectivity index (χ1n) is 6.77. The fourth-order valence-corrected chi connectivity index (χ4v) is 3.90. The van der Waals surface area contributed by atoms with Gasteiger partial charge in [0, 0.05) is 4.88 Å². The summed E-state index contributed by atoms with van der Waals surface area (Å²) in [5, 5.41) is 11.6. The van der Waals surface area contributed by atoms with E-state index >= 15 is 0 Å². The van der Waals surface area contributed by atoms with Gasteiger partial charge in [-0.1, -0.05) is 13.8 Å². The third-order valence-corrected chi connectivity index (χ3v) is 5.21. The van der Waals surface area contributed by atoms with E-state index in [4.69, 9.17) is 0 Å². The van der Waals surface area contributed by atoms with Crippen LogP contribution in [0.4, 0.5) is 0 Å². The zero-order valence-electron chi connectivity index (χ0n) is 11.3. The summed E-state index contributed by atoms with van der Waals surface area (Å²) in [5.74, 6) is 0.737. The lowest BCUT2D eigenvalue weighted by Gasteiger charge is -2.35. The molecule has 1 aromatic rings. The molecule has 0 aliphatic heterocycles. The lowest BCUT2D eigenvalue weighted by Crippen LogP contribution is -2.30. The number of carboxylic acid groups (broad SMARTS) is 1. The summed E-state index contributed by atoms with van der Waals surface area (Å²) < 4.78 is 0. The van der Waals surface area contributed by atoms with Gasteiger partial charge < -0.3 is 5.11 Å². The van der Waals surface area contributed by atoms with E-state index in [0.717, 1.165) is 19.3 Å². The van der Waals surface area contributed by atoms with Crippen LogP contribution >= 0.6 is 11.3 Å². The van der Waals surface area contributed by atoms with Gasteiger partial charge in [0.2, 0.25) is 0 Å². The maximum atomic E-state index is 11.4. The third-order valence-electron chi connectivity index (χ3n) is 4.33. The van der Waals surface area contributed by atoms with Gasteiger partial charge in [0.05, 0.1) is 5.92 Å². The van der Waals surface area contributed by atoms with Crippen molar-refractivity contribution < 1.29 is 9.90 Å². The summed E-state index contributed by atoms with van der Waals surface area (Å²) in [6, 6.07) is 2.17. The quantitative estimate of drug-likeness (QED) is 0.885. The SMILES string of the molecule is Cc1cc(C2CC(C(C)C)CCC2C(=O)O)cs1. The highest BCUT2D eigenvalue weighted by atomic mass is 32.1. The van der Waals surface area contributed by atoms with Crippen LogP contribution in [0.3, 0.4) is 0 Å². The number of aliphatic carboxylic acids is 1. The standard InChI is InChI=1S/C15H22O2S/c1-9(2)11-4-5-13(15(16)17)14(7-11)12-6-10(3)18-8-12/h6,8-9,11,13-14H,4-5,7H2,1-3H3,(H,16,17). The van der Waals surface area contributed by atoms with Crippen LogP contribution in [0, 0.1) is 24.7 Å². The lowest BCUT2D eigenvalue weighted by molar-refractivity contribution is -0.144. The first kappa shape index (κ1) is 13.6. The van der Waals surface area contributed by atoms with Gasteiger partial charge in [-0.05, 0) is 60.9 Å². The van der Waals surface area contributed by atoms with Crippen LogP contribution < -0.4 is 0 Å². The molecular formula is C15H22O2S. The average molecular weight is 266 g/mol. The topological polar surface area (TPSA) is 37.3 Å². The molecule has 18 heavy (non-hydrogen) atoms. The molecule has 2 nitrogen and oxygen atoms in total. The molecule has 1 heterocycles. The van der Waals surface area contributed by atoms with E-state index in [-0.39, 0.29) is 11.8 Å². The molecule has 0 amide bonds. The number of carbonyl (C=O) groups is 1. The van der Waals surface area contributed by atoms with Crippen molar-refractivity contribution in [3.63, 3.8) is 0 Å². The summed E-state index contributed by atoms with van der Waals surface area (Å²) in [7, 11) is 0. The zero-order chi connectivity index (χ0) is 13.3. The average Bonchev–Trinajstić information content (AvgIpc) is 2.74. The van der Waals surface area contributed by atoms with Crippen molar-refractivity contribution in [2.75, 3.05) is 0 Å². The van der Waals surface area contributed by atoms with Crippen molar-refractivity contribution in [1.82, 2.24) is 0 Å². The van der Waals surface area contributed by atoms with E-state index < -0.39 is 5.97 Å². The van der Waals surface area contributed by atoms with Gasteiger partial charge in [-0.3, -0.25) is 4.79 Å². The van der Waals surface area contributed by atoms with Crippen molar-refractivity contribution in [2.45, 2.75) is 46.0 Å². The first-order valence-corrected chi connectivity index (χ1v) is 7.64. The van der Waals surface area contributed by atoms with Gasteiger partial charge in [-0.2, -0.15) is 0 Å². The molecule has 1 aliphatic rings. The summed E-state index contributed by atoms with van der Waals surface area (Å²) >= 11 is 1.73. The minimum absolute atomic E-state index is 0.186. The monoisotopic (exact) mass is 266 g/mol. The van der Waals surface area contributed by atoms with Gasteiger partial charge >= 0.3 is 5.97 Å². The number of hydrogen-bond acceptors (Lipinski definition) is 2. The number of thiophene rings is 1. The molecule has 1 aliphatic carbocycles. The van der Waals surface area contributed by atoms with Crippen LogP contribution in [0.25, 0.3) is 0 Å². The van der Waals surface area contributed by atoms with Gasteiger partial charge in [0.1, 0.15) is 0 Å². The largest absolute Gasteiger partial charge is 0.481 e. The van der Waals surface area contributed by atoms with Crippen molar-refractivity contribution in [1.29, 1.82) is 0 Å². The second-order valence-corrected chi connectivity index (χ2v) is 6.97. The van der Waals surface area contributed by atoms with Gasteiger partial charge in [-0.15, -0.1) is 11.3 Å². The summed E-state index contributed by atoms with van der Waals surface area (Å²) in [4.78, 5) is 12.7. The Labute approximate surface area is 113 Å². The summed E-state index contributed by atoms with van der Waals surface area (Å²) in [6.45, 7) is 6.59. The molecule has 1 saturated carbocycles. The maximum absolute atomic E-state index is 11.4. The molecule has 3 unspecified atom stereocenters. The first-order chi connectivity index (χ1) is 8.49. The predicted octanol–water partition coefficient (Wildman–Crippen LogP) is 4.30. The summed E-state index contributed by atoms with van der Waals surface area (Å²) in [5.41, 5.74) is 1.25. The van der Waals surface area contributed by atoms with Crippen LogP contribution in [0.1, 0.15) is 49.5 Å². The molecular weight excluding hydrogens is 244 g/mol.